The largest absolute Gasteiger partial charge is 0.497 e. The van der Waals surface area contributed by atoms with E-state index in [9.17, 15) is 8.42 Å². The second kappa shape index (κ2) is 6.77. The Hall–Kier alpha value is -2.52. The zero-order chi connectivity index (χ0) is 18.0. The average molecular weight is 379 g/mol. The minimum atomic E-state index is -3.72. The molecule has 0 unspecified atom stereocenters. The van der Waals surface area contributed by atoms with Gasteiger partial charge in [0.25, 0.3) is 10.0 Å². The highest BCUT2D eigenvalue weighted by atomic mass is 32.2. The molecule has 0 aliphatic carbocycles. The predicted molar refractivity (Wildman–Crippen MR) is 97.0 cm³/mol. The Morgan fingerprint density at radius 1 is 1.08 bits per heavy atom. The van der Waals surface area contributed by atoms with E-state index in [0.29, 0.717) is 22.9 Å². The lowest BCUT2D eigenvalue weighted by atomic mass is 10.3. The van der Waals surface area contributed by atoms with Gasteiger partial charge in [-0.25, -0.2) is 8.42 Å². The lowest BCUT2D eigenvalue weighted by Gasteiger charge is -2.10. The quantitative estimate of drug-likeness (QED) is 0.686. The Morgan fingerprint density at radius 2 is 1.76 bits per heavy atom. The number of aromatic amines is 1. The maximum atomic E-state index is 12.6. The number of nitrogens with one attached hydrogen (secondary N) is 2. The summed E-state index contributed by atoms with van der Waals surface area (Å²) in [5, 5.41) is 6.99. The van der Waals surface area contributed by atoms with Crippen LogP contribution in [0.4, 0.5) is 5.69 Å². The molecule has 3 aromatic rings. The fourth-order valence-electron chi connectivity index (χ4n) is 2.22. The molecule has 1 aromatic carbocycles. The fraction of sp³-hybridized carbons (Fsp3) is 0.188. The second-order valence-corrected chi connectivity index (χ2v) is 8.25. The predicted octanol–water partition coefficient (Wildman–Crippen LogP) is 3.26. The molecule has 0 spiro atoms. The zero-order valence-corrected chi connectivity index (χ0v) is 15.5. The summed E-state index contributed by atoms with van der Waals surface area (Å²) < 4.78 is 38.3. The SMILES string of the molecule is COc1cc(NS(=O)(=O)c2ccc(-c3cc(C)[nH]n3)s2)cc(OC)c1. The normalized spacial score (nSPS) is 11.3. The highest BCUT2D eigenvalue weighted by Crippen LogP contribution is 2.32. The van der Waals surface area contributed by atoms with Gasteiger partial charge in [0.1, 0.15) is 21.4 Å². The van der Waals surface area contributed by atoms with Crippen LogP contribution < -0.4 is 14.2 Å². The van der Waals surface area contributed by atoms with Gasteiger partial charge in [-0.05, 0) is 25.1 Å². The average Bonchev–Trinajstić information content (AvgIpc) is 3.23. The van der Waals surface area contributed by atoms with E-state index in [-0.39, 0.29) is 4.21 Å². The monoisotopic (exact) mass is 379 g/mol. The number of nitrogens with zero attached hydrogens (tertiary/aromatic N) is 1. The van der Waals surface area contributed by atoms with Gasteiger partial charge >= 0.3 is 0 Å². The summed E-state index contributed by atoms with van der Waals surface area (Å²) in [4.78, 5) is 0.771. The molecule has 7 nitrogen and oxygen atoms in total. The number of aromatic nitrogens is 2. The van der Waals surface area contributed by atoms with Crippen LogP contribution in [0, 0.1) is 6.92 Å². The number of H-pyrrole nitrogens is 1. The van der Waals surface area contributed by atoms with Crippen molar-refractivity contribution in [1.29, 1.82) is 0 Å². The molecule has 25 heavy (non-hydrogen) atoms. The molecule has 0 bridgehead atoms. The van der Waals surface area contributed by atoms with Gasteiger partial charge in [-0.2, -0.15) is 5.10 Å². The Balaban J connectivity index is 1.89. The molecule has 0 radical (unpaired) electrons. The number of aryl methyl sites for hydroxylation is 1. The Kier molecular flexibility index (Phi) is 4.69. The van der Waals surface area contributed by atoms with Gasteiger partial charge in [0.15, 0.2) is 0 Å². The number of rotatable bonds is 6. The molecule has 9 heteroatoms. The minimum Gasteiger partial charge on any atom is -0.497 e. The standard InChI is InChI=1S/C16H17N3O4S2/c1-10-6-14(18-17-10)15-4-5-16(24-15)25(20,21)19-11-7-12(22-2)9-13(8-11)23-3/h4-9,19H,1-3H3,(H,17,18). The molecule has 0 amide bonds. The summed E-state index contributed by atoms with van der Waals surface area (Å²) in [5.74, 6) is 0.992. The molecule has 0 aliphatic heterocycles. The van der Waals surface area contributed by atoms with E-state index in [2.05, 4.69) is 14.9 Å². The number of hydrogen-bond acceptors (Lipinski definition) is 6. The van der Waals surface area contributed by atoms with E-state index in [1.165, 1.54) is 14.2 Å². The van der Waals surface area contributed by atoms with Crippen molar-refractivity contribution >= 4 is 27.0 Å². The van der Waals surface area contributed by atoms with E-state index >= 15 is 0 Å². The Bertz CT molecular complexity index is 970. The molecule has 132 valence electrons. The number of hydrogen-bond donors (Lipinski definition) is 2. The number of anilines is 1. The van der Waals surface area contributed by atoms with E-state index in [1.807, 2.05) is 13.0 Å². The van der Waals surface area contributed by atoms with E-state index in [1.54, 1.807) is 30.3 Å². The topological polar surface area (TPSA) is 93.3 Å². The van der Waals surface area contributed by atoms with E-state index < -0.39 is 10.0 Å². The first-order valence-electron chi connectivity index (χ1n) is 7.29. The molecule has 0 atom stereocenters. The van der Waals surface area contributed by atoms with Gasteiger partial charge in [-0.3, -0.25) is 9.82 Å². The van der Waals surface area contributed by atoms with Crippen LogP contribution in [-0.2, 0) is 10.0 Å². The summed E-state index contributed by atoms with van der Waals surface area (Å²) in [6.45, 7) is 1.89. The lowest BCUT2D eigenvalue weighted by molar-refractivity contribution is 0.395. The van der Waals surface area contributed by atoms with Crippen molar-refractivity contribution in [2.45, 2.75) is 11.1 Å². The van der Waals surface area contributed by atoms with Crippen molar-refractivity contribution in [3.63, 3.8) is 0 Å². The van der Waals surface area contributed by atoms with Crippen LogP contribution >= 0.6 is 11.3 Å². The molecule has 0 aliphatic rings. The molecule has 3 rings (SSSR count). The van der Waals surface area contributed by atoms with Gasteiger partial charge in [0.2, 0.25) is 0 Å². The van der Waals surface area contributed by atoms with Crippen LogP contribution in [0.25, 0.3) is 10.6 Å². The van der Waals surface area contributed by atoms with Crippen molar-refractivity contribution in [3.8, 4) is 22.1 Å². The van der Waals surface area contributed by atoms with Crippen LogP contribution in [0.3, 0.4) is 0 Å². The van der Waals surface area contributed by atoms with E-state index in [4.69, 9.17) is 9.47 Å². The highest BCUT2D eigenvalue weighted by Gasteiger charge is 2.19. The third-order valence-electron chi connectivity index (χ3n) is 3.41. The molecule has 2 N–H and O–H groups in total. The summed E-state index contributed by atoms with van der Waals surface area (Å²) >= 11 is 1.15. The number of sulfonamides is 1. The van der Waals surface area contributed by atoms with Gasteiger partial charge in [0.05, 0.1) is 24.8 Å². The van der Waals surface area contributed by atoms with Crippen molar-refractivity contribution in [1.82, 2.24) is 10.2 Å². The number of ether oxygens (including phenoxy) is 2. The van der Waals surface area contributed by atoms with Gasteiger partial charge < -0.3 is 9.47 Å². The second-order valence-electron chi connectivity index (χ2n) is 5.26. The third kappa shape index (κ3) is 3.77. The van der Waals surface area contributed by atoms with Crippen molar-refractivity contribution in [2.75, 3.05) is 18.9 Å². The molecule has 2 heterocycles. The van der Waals surface area contributed by atoms with E-state index in [0.717, 1.165) is 21.9 Å². The Labute approximate surface area is 149 Å². The zero-order valence-electron chi connectivity index (χ0n) is 13.9. The highest BCUT2D eigenvalue weighted by molar-refractivity contribution is 7.94. The van der Waals surface area contributed by atoms with Crippen LogP contribution in [-0.4, -0.2) is 32.8 Å². The number of methoxy groups -OCH3 is 2. The fourth-order valence-corrected chi connectivity index (χ4v) is 4.53. The molecular weight excluding hydrogens is 362 g/mol. The van der Waals surface area contributed by atoms with Crippen LogP contribution in [0.2, 0.25) is 0 Å². The number of thiophene rings is 1. The Morgan fingerprint density at radius 3 is 2.32 bits per heavy atom. The lowest BCUT2D eigenvalue weighted by Crippen LogP contribution is -2.11. The molecule has 0 saturated carbocycles. The summed E-state index contributed by atoms with van der Waals surface area (Å²) in [6.07, 6.45) is 0. The first kappa shape index (κ1) is 17.3. The maximum absolute atomic E-state index is 12.6. The minimum absolute atomic E-state index is 0.199. The summed E-state index contributed by atoms with van der Waals surface area (Å²) in [5.41, 5.74) is 1.99. The number of benzene rings is 1. The summed E-state index contributed by atoms with van der Waals surface area (Å²) in [7, 11) is -0.715. The van der Waals surface area contributed by atoms with Crippen molar-refractivity contribution in [2.24, 2.45) is 0 Å². The van der Waals surface area contributed by atoms with Crippen LogP contribution in [0.1, 0.15) is 5.69 Å². The first-order chi connectivity index (χ1) is 11.9. The van der Waals surface area contributed by atoms with Crippen LogP contribution in [0.15, 0.2) is 40.6 Å². The van der Waals surface area contributed by atoms with Gasteiger partial charge in [-0.1, -0.05) is 0 Å². The molecule has 0 saturated heterocycles. The maximum Gasteiger partial charge on any atom is 0.271 e. The molecule has 2 aromatic heterocycles. The first-order valence-corrected chi connectivity index (χ1v) is 9.59. The van der Waals surface area contributed by atoms with Crippen molar-refractivity contribution < 1.29 is 17.9 Å². The molecule has 0 fully saturated rings. The summed E-state index contributed by atoms with van der Waals surface area (Å²) in [6, 6.07) is 10.0. The smallest absolute Gasteiger partial charge is 0.271 e. The van der Waals surface area contributed by atoms with Gasteiger partial charge in [-0.15, -0.1) is 11.3 Å². The van der Waals surface area contributed by atoms with Crippen LogP contribution in [0.5, 0.6) is 11.5 Å². The molecular formula is C16H17N3O4S2. The third-order valence-corrected chi connectivity index (χ3v) is 6.39. The van der Waals surface area contributed by atoms with Gasteiger partial charge in [0, 0.05) is 23.9 Å². The van der Waals surface area contributed by atoms with Crippen molar-refractivity contribution in [3.05, 3.63) is 42.1 Å².